The van der Waals surface area contributed by atoms with E-state index in [-0.39, 0.29) is 29.8 Å². The van der Waals surface area contributed by atoms with Crippen LogP contribution in [0.4, 0.5) is 5.69 Å². The number of aryl methyl sites for hydroxylation is 1. The molecule has 1 N–H and O–H groups in total. The number of benzene rings is 1. The van der Waals surface area contributed by atoms with Crippen molar-refractivity contribution >= 4 is 23.4 Å². The van der Waals surface area contributed by atoms with E-state index in [4.69, 9.17) is 4.74 Å². The number of nitrogens with one attached hydrogen (secondary N) is 1. The highest BCUT2D eigenvalue weighted by molar-refractivity contribution is 6.03. The minimum Gasteiger partial charge on any atom is -0.497 e. The van der Waals surface area contributed by atoms with Gasteiger partial charge in [0.2, 0.25) is 11.8 Å². The van der Waals surface area contributed by atoms with E-state index in [2.05, 4.69) is 10.4 Å². The van der Waals surface area contributed by atoms with Crippen molar-refractivity contribution in [3.8, 4) is 5.75 Å². The van der Waals surface area contributed by atoms with Crippen LogP contribution in [0.5, 0.6) is 5.75 Å². The van der Waals surface area contributed by atoms with E-state index < -0.39 is 12.0 Å². The zero-order chi connectivity index (χ0) is 22.9. The molecule has 1 aliphatic heterocycles. The van der Waals surface area contributed by atoms with Crippen LogP contribution in [0, 0.1) is 12.8 Å². The first-order valence-corrected chi connectivity index (χ1v) is 10.1. The third kappa shape index (κ3) is 4.26. The smallest absolute Gasteiger partial charge is 0.276 e. The van der Waals surface area contributed by atoms with Crippen molar-refractivity contribution in [1.82, 2.24) is 19.6 Å². The van der Waals surface area contributed by atoms with E-state index in [1.165, 1.54) is 4.90 Å². The summed E-state index contributed by atoms with van der Waals surface area (Å²) in [5.74, 6) is -0.318. The molecule has 3 rings (SSSR count). The van der Waals surface area contributed by atoms with Gasteiger partial charge in [-0.3, -0.25) is 19.1 Å². The Morgan fingerprint density at radius 3 is 2.42 bits per heavy atom. The third-order valence-electron chi connectivity index (χ3n) is 5.85. The fourth-order valence-corrected chi connectivity index (χ4v) is 3.90. The normalized spacial score (nSPS) is 18.6. The molecule has 1 aromatic heterocycles. The van der Waals surface area contributed by atoms with Gasteiger partial charge >= 0.3 is 0 Å². The lowest BCUT2D eigenvalue weighted by Gasteiger charge is -2.38. The van der Waals surface area contributed by atoms with Crippen molar-refractivity contribution in [3.05, 3.63) is 41.2 Å². The van der Waals surface area contributed by atoms with Gasteiger partial charge in [0.1, 0.15) is 5.75 Å². The molecular weight excluding hydrogens is 398 g/mol. The van der Waals surface area contributed by atoms with Crippen molar-refractivity contribution in [2.24, 2.45) is 13.0 Å². The molecule has 2 aromatic rings. The molecule has 1 aliphatic rings. The summed E-state index contributed by atoms with van der Waals surface area (Å²) < 4.78 is 6.80. The monoisotopic (exact) mass is 427 g/mol. The Bertz CT molecular complexity index is 996. The van der Waals surface area contributed by atoms with Gasteiger partial charge < -0.3 is 19.9 Å². The number of anilines is 1. The maximum absolute atomic E-state index is 13.4. The molecule has 2 unspecified atom stereocenters. The molecule has 3 amide bonds. The van der Waals surface area contributed by atoms with Crippen molar-refractivity contribution in [1.29, 1.82) is 0 Å². The molecule has 0 aliphatic carbocycles. The second kappa shape index (κ2) is 8.79. The van der Waals surface area contributed by atoms with Crippen LogP contribution in [0.2, 0.25) is 0 Å². The summed E-state index contributed by atoms with van der Waals surface area (Å²) in [4.78, 5) is 41.4. The van der Waals surface area contributed by atoms with Gasteiger partial charge in [0.15, 0.2) is 5.69 Å². The number of rotatable bonds is 5. The maximum Gasteiger partial charge on any atom is 0.276 e. The van der Waals surface area contributed by atoms with Crippen molar-refractivity contribution < 1.29 is 19.1 Å². The first-order valence-electron chi connectivity index (χ1n) is 10.1. The number of carbonyl (C=O) groups excluding carboxylic acids is 3. The van der Waals surface area contributed by atoms with Gasteiger partial charge in [-0.25, -0.2) is 0 Å². The van der Waals surface area contributed by atoms with Crippen LogP contribution in [0.3, 0.4) is 0 Å². The topological polar surface area (TPSA) is 96.8 Å². The van der Waals surface area contributed by atoms with E-state index >= 15 is 0 Å². The Balaban J connectivity index is 1.94. The number of hydrogen-bond donors (Lipinski definition) is 1. The van der Waals surface area contributed by atoms with Crippen LogP contribution in [0.1, 0.15) is 40.6 Å². The number of amides is 3. The average Bonchev–Trinajstić information content (AvgIpc) is 3.03. The van der Waals surface area contributed by atoms with Crippen LogP contribution >= 0.6 is 0 Å². The van der Waals surface area contributed by atoms with Crippen LogP contribution in [0.25, 0.3) is 0 Å². The summed E-state index contributed by atoms with van der Waals surface area (Å²) in [6, 6.07) is 6.95. The summed E-state index contributed by atoms with van der Waals surface area (Å²) in [7, 11) is 8.31. The van der Waals surface area contributed by atoms with Gasteiger partial charge in [0, 0.05) is 34.6 Å². The summed E-state index contributed by atoms with van der Waals surface area (Å²) in [5, 5.41) is 7.22. The minimum absolute atomic E-state index is 0.00843. The highest BCUT2D eigenvalue weighted by Gasteiger charge is 2.39. The Hall–Kier alpha value is -3.36. The molecule has 0 saturated carbocycles. The van der Waals surface area contributed by atoms with E-state index in [0.717, 1.165) is 5.56 Å². The molecular formula is C22H29N5O4. The Morgan fingerprint density at radius 1 is 1.19 bits per heavy atom. The molecule has 1 saturated heterocycles. The van der Waals surface area contributed by atoms with Crippen LogP contribution in [-0.4, -0.2) is 65.6 Å². The van der Waals surface area contributed by atoms with Gasteiger partial charge in [-0.15, -0.1) is 0 Å². The molecule has 1 fully saturated rings. The second-order valence-corrected chi connectivity index (χ2v) is 7.99. The minimum atomic E-state index is -0.474. The van der Waals surface area contributed by atoms with Crippen molar-refractivity contribution in [2.45, 2.75) is 25.8 Å². The Morgan fingerprint density at radius 2 is 1.84 bits per heavy atom. The lowest BCUT2D eigenvalue weighted by molar-refractivity contribution is -0.140. The van der Waals surface area contributed by atoms with Crippen molar-refractivity contribution in [2.75, 3.05) is 33.6 Å². The zero-order valence-corrected chi connectivity index (χ0v) is 18.8. The number of hydrogen-bond acceptors (Lipinski definition) is 5. The predicted molar refractivity (Wildman–Crippen MR) is 116 cm³/mol. The molecule has 9 heteroatoms. The van der Waals surface area contributed by atoms with Gasteiger partial charge in [0.05, 0.1) is 30.5 Å². The molecule has 2 atom stereocenters. The molecule has 0 spiro atoms. The van der Waals surface area contributed by atoms with Crippen molar-refractivity contribution in [3.63, 3.8) is 0 Å². The molecule has 9 nitrogen and oxygen atoms in total. The standard InChI is InChI=1S/C22H29N5O4/c1-13-18(19(24-27(13)5)22(30)25(2)3)23-21(29)16-11-12-17(28)26(4)20(16)14-7-9-15(31-6)10-8-14/h7-10,16,20H,11-12H2,1-6H3,(H,23,29). The molecule has 2 heterocycles. The van der Waals surface area contributed by atoms with E-state index in [1.54, 1.807) is 51.8 Å². The molecule has 0 radical (unpaired) electrons. The molecule has 1 aromatic carbocycles. The first-order chi connectivity index (χ1) is 14.6. The SMILES string of the molecule is COc1ccc(C2C(C(=O)Nc3c(C(=O)N(C)C)nn(C)c3C)CCC(=O)N2C)cc1. The molecule has 31 heavy (non-hydrogen) atoms. The second-order valence-electron chi connectivity index (χ2n) is 7.99. The summed E-state index contributed by atoms with van der Waals surface area (Å²) in [6.07, 6.45) is 0.707. The maximum atomic E-state index is 13.4. The van der Waals surface area contributed by atoms with Gasteiger partial charge in [-0.1, -0.05) is 12.1 Å². The number of methoxy groups -OCH3 is 1. The largest absolute Gasteiger partial charge is 0.497 e. The third-order valence-corrected chi connectivity index (χ3v) is 5.85. The van der Waals surface area contributed by atoms with Gasteiger partial charge in [-0.2, -0.15) is 5.10 Å². The Kier molecular flexibility index (Phi) is 6.33. The average molecular weight is 428 g/mol. The van der Waals surface area contributed by atoms with E-state index in [0.29, 0.717) is 23.6 Å². The van der Waals surface area contributed by atoms with Crippen LogP contribution in [0.15, 0.2) is 24.3 Å². The fourth-order valence-electron chi connectivity index (χ4n) is 3.90. The number of piperidine rings is 1. The predicted octanol–water partition coefficient (Wildman–Crippen LogP) is 1.99. The van der Waals surface area contributed by atoms with Gasteiger partial charge in [0.25, 0.3) is 5.91 Å². The van der Waals surface area contributed by atoms with Gasteiger partial charge in [-0.05, 0) is 31.0 Å². The fraction of sp³-hybridized carbons (Fsp3) is 0.455. The van der Waals surface area contributed by atoms with Crippen LogP contribution in [-0.2, 0) is 16.6 Å². The zero-order valence-electron chi connectivity index (χ0n) is 18.8. The van der Waals surface area contributed by atoms with E-state index in [9.17, 15) is 14.4 Å². The lowest BCUT2D eigenvalue weighted by atomic mass is 9.84. The lowest BCUT2D eigenvalue weighted by Crippen LogP contribution is -2.44. The molecule has 166 valence electrons. The highest BCUT2D eigenvalue weighted by Crippen LogP contribution is 2.37. The summed E-state index contributed by atoms with van der Waals surface area (Å²) >= 11 is 0. The number of aromatic nitrogens is 2. The number of nitrogens with zero attached hydrogens (tertiary/aromatic N) is 4. The quantitative estimate of drug-likeness (QED) is 0.787. The highest BCUT2D eigenvalue weighted by atomic mass is 16.5. The van der Waals surface area contributed by atoms with Crippen LogP contribution < -0.4 is 10.1 Å². The number of ether oxygens (including phenoxy) is 1. The molecule has 0 bridgehead atoms. The Labute approximate surface area is 182 Å². The number of likely N-dealkylation sites (tertiary alicyclic amines) is 1. The van der Waals surface area contributed by atoms with E-state index in [1.807, 2.05) is 24.3 Å². The first kappa shape index (κ1) is 22.3. The summed E-state index contributed by atoms with van der Waals surface area (Å²) in [5.41, 5.74) is 2.13. The number of carbonyl (C=O) groups is 3. The summed E-state index contributed by atoms with van der Waals surface area (Å²) in [6.45, 7) is 1.80.